The summed E-state index contributed by atoms with van der Waals surface area (Å²) in [4.78, 5) is 21.9. The molecule has 0 aliphatic carbocycles. The van der Waals surface area contributed by atoms with Crippen LogP contribution in [0.15, 0.2) is 35.8 Å². The molecular formula is C12H16N2O2. The lowest BCUT2D eigenvalue weighted by Crippen LogP contribution is -2.26. The first-order valence-electron chi connectivity index (χ1n) is 5.23. The van der Waals surface area contributed by atoms with E-state index in [9.17, 15) is 9.59 Å². The van der Waals surface area contributed by atoms with Crippen molar-refractivity contribution in [2.45, 2.75) is 19.5 Å². The predicted molar refractivity (Wildman–Crippen MR) is 63.3 cm³/mol. The highest BCUT2D eigenvalue weighted by Gasteiger charge is 2.00. The second kappa shape index (κ2) is 6.74. The lowest BCUT2D eigenvalue weighted by Gasteiger charge is -2.06. The number of nitrogens with one attached hydrogen (secondary N) is 1. The van der Waals surface area contributed by atoms with Gasteiger partial charge in [0, 0.05) is 37.8 Å². The maximum atomic E-state index is 11.8. The van der Waals surface area contributed by atoms with E-state index in [0.29, 0.717) is 31.6 Å². The third-order valence-corrected chi connectivity index (χ3v) is 2.18. The molecule has 4 nitrogen and oxygen atoms in total. The van der Waals surface area contributed by atoms with Crippen molar-refractivity contribution in [1.82, 2.24) is 9.88 Å². The minimum Gasteiger partial charge on any atom is -0.312 e. The monoisotopic (exact) mass is 220 g/mol. The van der Waals surface area contributed by atoms with Gasteiger partial charge >= 0.3 is 0 Å². The van der Waals surface area contributed by atoms with Gasteiger partial charge in [0.05, 0.1) is 0 Å². The summed E-state index contributed by atoms with van der Waals surface area (Å²) in [6.45, 7) is 5.20. The van der Waals surface area contributed by atoms with Crippen molar-refractivity contribution in [3.63, 3.8) is 0 Å². The number of allylic oxidation sites excluding steroid dienone is 1. The van der Waals surface area contributed by atoms with Crippen molar-refractivity contribution in [3.05, 3.63) is 46.9 Å². The average Bonchev–Trinajstić information content (AvgIpc) is 2.29. The number of rotatable bonds is 7. The van der Waals surface area contributed by atoms with Gasteiger partial charge < -0.3 is 14.7 Å². The molecule has 86 valence electrons. The molecule has 0 fully saturated rings. The van der Waals surface area contributed by atoms with E-state index in [0.717, 1.165) is 6.29 Å². The molecule has 0 saturated carbocycles. The molecule has 0 spiro atoms. The quantitative estimate of drug-likeness (QED) is 0.418. The van der Waals surface area contributed by atoms with Gasteiger partial charge in [-0.3, -0.25) is 4.79 Å². The van der Waals surface area contributed by atoms with Gasteiger partial charge in [0.25, 0.3) is 5.56 Å². The van der Waals surface area contributed by atoms with Gasteiger partial charge in [-0.1, -0.05) is 12.1 Å². The maximum absolute atomic E-state index is 11.8. The van der Waals surface area contributed by atoms with Crippen LogP contribution in [0.5, 0.6) is 0 Å². The Labute approximate surface area is 94.6 Å². The van der Waals surface area contributed by atoms with Gasteiger partial charge in [0.15, 0.2) is 0 Å². The average molecular weight is 220 g/mol. The third kappa shape index (κ3) is 3.47. The highest BCUT2D eigenvalue weighted by Crippen LogP contribution is 1.92. The normalized spacial score (nSPS) is 10.0. The molecule has 0 unspecified atom stereocenters. The number of aromatic nitrogens is 1. The van der Waals surface area contributed by atoms with Crippen LogP contribution < -0.4 is 10.9 Å². The summed E-state index contributed by atoms with van der Waals surface area (Å²) in [7, 11) is 0. The van der Waals surface area contributed by atoms with Crippen LogP contribution in [0.3, 0.4) is 0 Å². The number of aldehydes is 1. The van der Waals surface area contributed by atoms with E-state index in [2.05, 4.69) is 11.9 Å². The topological polar surface area (TPSA) is 51.1 Å². The molecule has 0 amide bonds. The number of hydrogen-bond donors (Lipinski definition) is 1. The molecule has 0 radical (unpaired) electrons. The lowest BCUT2D eigenvalue weighted by molar-refractivity contribution is -0.107. The fourth-order valence-corrected chi connectivity index (χ4v) is 1.39. The van der Waals surface area contributed by atoms with Crippen molar-refractivity contribution in [3.8, 4) is 0 Å². The minimum absolute atomic E-state index is 0.0130. The van der Waals surface area contributed by atoms with E-state index in [1.54, 1.807) is 22.9 Å². The first kappa shape index (κ1) is 12.4. The van der Waals surface area contributed by atoms with E-state index in [1.165, 1.54) is 0 Å². The van der Waals surface area contributed by atoms with E-state index in [-0.39, 0.29) is 5.56 Å². The Bertz CT molecular complexity index is 410. The molecule has 1 heterocycles. The molecule has 1 N–H and O–H groups in total. The maximum Gasteiger partial charge on any atom is 0.255 e. The molecule has 1 aromatic rings. The Balaban J connectivity index is 2.65. The molecule has 16 heavy (non-hydrogen) atoms. The van der Waals surface area contributed by atoms with Crippen LogP contribution >= 0.6 is 0 Å². The molecule has 0 aromatic carbocycles. The van der Waals surface area contributed by atoms with Crippen molar-refractivity contribution in [1.29, 1.82) is 0 Å². The SMILES string of the molecule is C=CCn1cccc(CNCCC=O)c1=O. The molecule has 1 aromatic heterocycles. The van der Waals surface area contributed by atoms with E-state index in [1.807, 2.05) is 6.07 Å². The van der Waals surface area contributed by atoms with Crippen molar-refractivity contribution >= 4 is 6.29 Å². The zero-order chi connectivity index (χ0) is 11.8. The van der Waals surface area contributed by atoms with Gasteiger partial charge in [0.1, 0.15) is 6.29 Å². The molecule has 0 atom stereocenters. The summed E-state index contributed by atoms with van der Waals surface area (Å²) in [6.07, 6.45) is 4.74. The second-order valence-corrected chi connectivity index (χ2v) is 3.41. The molecule has 4 heteroatoms. The summed E-state index contributed by atoms with van der Waals surface area (Å²) in [5, 5.41) is 3.04. The van der Waals surface area contributed by atoms with Crippen LogP contribution in [0.2, 0.25) is 0 Å². The van der Waals surface area contributed by atoms with Crippen LogP contribution in [0, 0.1) is 0 Å². The predicted octanol–water partition coefficient (Wildman–Crippen LogP) is 0.713. The summed E-state index contributed by atoms with van der Waals surface area (Å²) in [5.41, 5.74) is 0.691. The fourth-order valence-electron chi connectivity index (χ4n) is 1.39. The Morgan fingerprint density at radius 1 is 1.50 bits per heavy atom. The lowest BCUT2D eigenvalue weighted by atomic mass is 10.2. The first-order valence-corrected chi connectivity index (χ1v) is 5.23. The summed E-state index contributed by atoms with van der Waals surface area (Å²) in [5.74, 6) is 0. The van der Waals surface area contributed by atoms with Gasteiger partial charge in [-0.2, -0.15) is 0 Å². The minimum atomic E-state index is -0.0130. The molecule has 0 saturated heterocycles. The van der Waals surface area contributed by atoms with Crippen molar-refractivity contribution < 1.29 is 4.79 Å². The van der Waals surface area contributed by atoms with Crippen LogP contribution in [-0.2, 0) is 17.9 Å². The summed E-state index contributed by atoms with van der Waals surface area (Å²) >= 11 is 0. The fraction of sp³-hybridized carbons (Fsp3) is 0.333. The van der Waals surface area contributed by atoms with Gasteiger partial charge in [0.2, 0.25) is 0 Å². The van der Waals surface area contributed by atoms with Crippen LogP contribution in [0.1, 0.15) is 12.0 Å². The zero-order valence-corrected chi connectivity index (χ0v) is 9.19. The highest BCUT2D eigenvalue weighted by molar-refractivity contribution is 5.49. The zero-order valence-electron chi connectivity index (χ0n) is 9.19. The Kier molecular flexibility index (Phi) is 5.22. The third-order valence-electron chi connectivity index (χ3n) is 2.18. The van der Waals surface area contributed by atoms with Crippen LogP contribution in [-0.4, -0.2) is 17.4 Å². The standard InChI is InChI=1S/C12H16N2O2/c1-2-7-14-8-3-5-11(12(14)16)10-13-6-4-9-15/h2-3,5,8-9,13H,1,4,6-7,10H2. The summed E-state index contributed by atoms with van der Waals surface area (Å²) < 4.78 is 1.60. The number of carbonyl (C=O) groups is 1. The van der Waals surface area contributed by atoms with E-state index in [4.69, 9.17) is 0 Å². The van der Waals surface area contributed by atoms with Crippen molar-refractivity contribution in [2.24, 2.45) is 0 Å². The van der Waals surface area contributed by atoms with E-state index < -0.39 is 0 Å². The molecule has 0 bridgehead atoms. The largest absolute Gasteiger partial charge is 0.312 e. The number of hydrogen-bond acceptors (Lipinski definition) is 3. The molecule has 0 aliphatic heterocycles. The van der Waals surface area contributed by atoms with Crippen LogP contribution in [0.25, 0.3) is 0 Å². The van der Waals surface area contributed by atoms with Crippen molar-refractivity contribution in [2.75, 3.05) is 6.54 Å². The van der Waals surface area contributed by atoms with Gasteiger partial charge in [-0.05, 0) is 6.07 Å². The number of pyridine rings is 1. The Morgan fingerprint density at radius 2 is 2.31 bits per heavy atom. The summed E-state index contributed by atoms with van der Waals surface area (Å²) in [6, 6.07) is 3.62. The van der Waals surface area contributed by atoms with E-state index >= 15 is 0 Å². The highest BCUT2D eigenvalue weighted by atomic mass is 16.1. The van der Waals surface area contributed by atoms with Gasteiger partial charge in [-0.25, -0.2) is 0 Å². The Hall–Kier alpha value is -1.68. The molecular weight excluding hydrogens is 204 g/mol. The number of carbonyl (C=O) groups excluding carboxylic acids is 1. The smallest absolute Gasteiger partial charge is 0.255 e. The van der Waals surface area contributed by atoms with Crippen LogP contribution in [0.4, 0.5) is 0 Å². The van der Waals surface area contributed by atoms with Gasteiger partial charge in [-0.15, -0.1) is 6.58 Å². The first-order chi connectivity index (χ1) is 7.79. The molecule has 0 aliphatic rings. The second-order valence-electron chi connectivity index (χ2n) is 3.41. The molecule has 1 rings (SSSR count). The number of nitrogens with zero attached hydrogens (tertiary/aromatic N) is 1. The Morgan fingerprint density at radius 3 is 3.00 bits per heavy atom.